The highest BCUT2D eigenvalue weighted by Crippen LogP contribution is 2.15. The Hall–Kier alpha value is -1.02. The van der Waals surface area contributed by atoms with E-state index in [1.54, 1.807) is 0 Å². The quantitative estimate of drug-likeness (QED) is 0.768. The van der Waals surface area contributed by atoms with E-state index in [0.29, 0.717) is 6.04 Å². The number of anilines is 1. The monoisotopic (exact) mass is 206 g/mol. The normalized spacial score (nSPS) is 13.1. The van der Waals surface area contributed by atoms with Gasteiger partial charge in [-0.05, 0) is 44.5 Å². The summed E-state index contributed by atoms with van der Waals surface area (Å²) in [5.41, 5.74) is 9.23. The summed E-state index contributed by atoms with van der Waals surface area (Å²) in [5.74, 6) is 0. The van der Waals surface area contributed by atoms with E-state index in [9.17, 15) is 0 Å². The molecule has 1 aromatic rings. The third-order valence-electron chi connectivity index (χ3n) is 3.12. The van der Waals surface area contributed by atoms with Crippen LogP contribution in [0.4, 0.5) is 5.69 Å². The number of nitrogen functional groups attached to an aromatic ring is 1. The molecule has 0 radical (unpaired) electrons. The van der Waals surface area contributed by atoms with Crippen molar-refractivity contribution in [2.24, 2.45) is 0 Å². The van der Waals surface area contributed by atoms with Crippen molar-refractivity contribution in [2.45, 2.75) is 39.8 Å². The molecule has 1 atom stereocenters. The van der Waals surface area contributed by atoms with Gasteiger partial charge in [0.05, 0.1) is 0 Å². The molecule has 0 aliphatic rings. The Morgan fingerprint density at radius 2 is 2.07 bits per heavy atom. The minimum atomic E-state index is 0.618. The van der Waals surface area contributed by atoms with Crippen LogP contribution in [0.5, 0.6) is 0 Å². The van der Waals surface area contributed by atoms with E-state index in [0.717, 1.165) is 17.8 Å². The molecule has 0 aliphatic carbocycles. The first-order chi connectivity index (χ1) is 7.04. The van der Waals surface area contributed by atoms with Gasteiger partial charge in [0.2, 0.25) is 0 Å². The summed E-state index contributed by atoms with van der Waals surface area (Å²) < 4.78 is 0. The smallest absolute Gasteiger partial charge is 0.0346 e. The number of hydrogen-bond acceptors (Lipinski definition) is 2. The Morgan fingerprint density at radius 1 is 1.40 bits per heavy atom. The van der Waals surface area contributed by atoms with Gasteiger partial charge in [0.25, 0.3) is 0 Å². The van der Waals surface area contributed by atoms with Crippen LogP contribution in [0.3, 0.4) is 0 Å². The summed E-state index contributed by atoms with van der Waals surface area (Å²) in [7, 11) is 2.16. The van der Waals surface area contributed by atoms with Gasteiger partial charge in [0.15, 0.2) is 0 Å². The van der Waals surface area contributed by atoms with Crippen LogP contribution in [-0.2, 0) is 6.54 Å². The lowest BCUT2D eigenvalue weighted by Crippen LogP contribution is -2.27. The van der Waals surface area contributed by atoms with Crippen LogP contribution in [0, 0.1) is 6.92 Å². The first-order valence-corrected chi connectivity index (χ1v) is 5.59. The van der Waals surface area contributed by atoms with E-state index >= 15 is 0 Å². The molecule has 0 heterocycles. The average Bonchev–Trinajstić information content (AvgIpc) is 2.22. The predicted octanol–water partition coefficient (Wildman–Crippen LogP) is 2.81. The lowest BCUT2D eigenvalue weighted by molar-refractivity contribution is 0.244. The van der Waals surface area contributed by atoms with E-state index in [1.807, 2.05) is 6.92 Å². The minimum absolute atomic E-state index is 0.618. The third kappa shape index (κ3) is 3.24. The molecule has 1 unspecified atom stereocenters. The second kappa shape index (κ2) is 5.17. The lowest BCUT2D eigenvalue weighted by Gasteiger charge is -2.23. The van der Waals surface area contributed by atoms with Gasteiger partial charge in [0.1, 0.15) is 0 Å². The van der Waals surface area contributed by atoms with Crippen molar-refractivity contribution >= 4 is 5.69 Å². The van der Waals surface area contributed by atoms with Gasteiger partial charge in [-0.3, -0.25) is 4.90 Å². The Balaban J connectivity index is 2.68. The molecule has 2 N–H and O–H groups in total. The molecule has 0 bridgehead atoms. The number of nitrogens with zero attached hydrogens (tertiary/aromatic N) is 1. The van der Waals surface area contributed by atoms with Gasteiger partial charge in [-0.25, -0.2) is 0 Å². The molecular formula is C13H22N2. The summed E-state index contributed by atoms with van der Waals surface area (Å²) in [4.78, 5) is 2.35. The molecule has 0 saturated carbocycles. The van der Waals surface area contributed by atoms with Crippen molar-refractivity contribution in [1.29, 1.82) is 0 Å². The highest BCUT2D eigenvalue weighted by molar-refractivity contribution is 5.48. The number of aryl methyl sites for hydroxylation is 1. The summed E-state index contributed by atoms with van der Waals surface area (Å²) in [6.07, 6.45) is 1.18. The third-order valence-corrected chi connectivity index (χ3v) is 3.12. The van der Waals surface area contributed by atoms with E-state index in [-0.39, 0.29) is 0 Å². The molecule has 1 aromatic carbocycles. The zero-order valence-electron chi connectivity index (χ0n) is 10.2. The Labute approximate surface area is 93.1 Å². The van der Waals surface area contributed by atoms with Crippen molar-refractivity contribution in [3.63, 3.8) is 0 Å². The molecule has 15 heavy (non-hydrogen) atoms. The second-order valence-electron chi connectivity index (χ2n) is 4.36. The Kier molecular flexibility index (Phi) is 4.15. The van der Waals surface area contributed by atoms with Gasteiger partial charge in [-0.1, -0.05) is 19.1 Å². The number of hydrogen-bond donors (Lipinski definition) is 1. The van der Waals surface area contributed by atoms with Crippen molar-refractivity contribution in [3.8, 4) is 0 Å². The average molecular weight is 206 g/mol. The van der Waals surface area contributed by atoms with Gasteiger partial charge < -0.3 is 5.73 Å². The second-order valence-corrected chi connectivity index (χ2v) is 4.36. The van der Waals surface area contributed by atoms with E-state index < -0.39 is 0 Å². The largest absolute Gasteiger partial charge is 0.399 e. The van der Waals surface area contributed by atoms with E-state index in [1.165, 1.54) is 12.0 Å². The molecule has 0 fully saturated rings. The number of benzene rings is 1. The molecular weight excluding hydrogens is 184 g/mol. The molecule has 2 heteroatoms. The van der Waals surface area contributed by atoms with Crippen LogP contribution >= 0.6 is 0 Å². The maximum absolute atomic E-state index is 5.89. The topological polar surface area (TPSA) is 29.3 Å². The molecule has 0 aliphatic heterocycles. The molecule has 2 nitrogen and oxygen atoms in total. The minimum Gasteiger partial charge on any atom is -0.399 e. The summed E-state index contributed by atoms with van der Waals surface area (Å²) in [6.45, 7) is 7.47. The fourth-order valence-corrected chi connectivity index (χ4v) is 1.54. The zero-order chi connectivity index (χ0) is 11.4. The Morgan fingerprint density at radius 3 is 2.60 bits per heavy atom. The van der Waals surface area contributed by atoms with E-state index in [4.69, 9.17) is 5.73 Å². The standard InChI is InChI=1S/C13H22N2/c1-5-11(3)15(4)9-12-7-6-10(2)13(14)8-12/h6-8,11H,5,9,14H2,1-4H3. The zero-order valence-corrected chi connectivity index (χ0v) is 10.2. The van der Waals surface area contributed by atoms with Crippen molar-refractivity contribution in [1.82, 2.24) is 4.90 Å². The summed E-state index contributed by atoms with van der Waals surface area (Å²) in [6, 6.07) is 6.95. The van der Waals surface area contributed by atoms with Gasteiger partial charge in [0, 0.05) is 18.3 Å². The van der Waals surface area contributed by atoms with Gasteiger partial charge in [-0.2, -0.15) is 0 Å². The van der Waals surface area contributed by atoms with Crippen molar-refractivity contribution in [2.75, 3.05) is 12.8 Å². The number of rotatable bonds is 4. The van der Waals surface area contributed by atoms with Crippen LogP contribution in [0.15, 0.2) is 18.2 Å². The van der Waals surface area contributed by atoms with Crippen LogP contribution in [0.2, 0.25) is 0 Å². The molecule has 0 amide bonds. The molecule has 84 valence electrons. The van der Waals surface area contributed by atoms with E-state index in [2.05, 4.69) is 44.0 Å². The lowest BCUT2D eigenvalue weighted by atomic mass is 10.1. The van der Waals surface area contributed by atoms with Crippen molar-refractivity contribution in [3.05, 3.63) is 29.3 Å². The predicted molar refractivity (Wildman–Crippen MR) is 66.8 cm³/mol. The maximum atomic E-state index is 5.89. The summed E-state index contributed by atoms with van der Waals surface area (Å²) >= 11 is 0. The fraction of sp³-hybridized carbons (Fsp3) is 0.538. The molecule has 0 saturated heterocycles. The van der Waals surface area contributed by atoms with Gasteiger partial charge >= 0.3 is 0 Å². The van der Waals surface area contributed by atoms with Crippen LogP contribution in [0.1, 0.15) is 31.4 Å². The van der Waals surface area contributed by atoms with Crippen molar-refractivity contribution < 1.29 is 0 Å². The molecule has 1 rings (SSSR count). The van der Waals surface area contributed by atoms with Crippen LogP contribution < -0.4 is 5.73 Å². The first-order valence-electron chi connectivity index (χ1n) is 5.59. The maximum Gasteiger partial charge on any atom is 0.0346 e. The highest BCUT2D eigenvalue weighted by atomic mass is 15.1. The number of nitrogens with two attached hydrogens (primary N) is 1. The summed E-state index contributed by atoms with van der Waals surface area (Å²) in [5, 5.41) is 0. The molecule has 0 aromatic heterocycles. The Bertz CT molecular complexity index is 320. The van der Waals surface area contributed by atoms with Crippen LogP contribution in [-0.4, -0.2) is 18.0 Å². The molecule has 0 spiro atoms. The fourth-order valence-electron chi connectivity index (χ4n) is 1.54. The van der Waals surface area contributed by atoms with Gasteiger partial charge in [-0.15, -0.1) is 0 Å². The first kappa shape index (κ1) is 12.1. The SMILES string of the molecule is CCC(C)N(C)Cc1ccc(C)c(N)c1. The highest BCUT2D eigenvalue weighted by Gasteiger charge is 2.07. The van der Waals surface area contributed by atoms with Crippen LogP contribution in [0.25, 0.3) is 0 Å².